The highest BCUT2D eigenvalue weighted by molar-refractivity contribution is 6.10. The molecule has 0 saturated heterocycles. The Hall–Kier alpha value is -3.06. The number of amides is 1. The van der Waals surface area contributed by atoms with Crippen LogP contribution in [0.15, 0.2) is 23.3 Å². The fraction of sp³-hybridized carbons (Fsp3) is 0.231. The van der Waals surface area contributed by atoms with Gasteiger partial charge in [0.25, 0.3) is 5.91 Å². The zero-order chi connectivity index (χ0) is 14.7. The van der Waals surface area contributed by atoms with Crippen molar-refractivity contribution in [2.45, 2.75) is 13.0 Å². The van der Waals surface area contributed by atoms with E-state index in [4.69, 9.17) is 15.3 Å². The van der Waals surface area contributed by atoms with Crippen LogP contribution in [-0.2, 0) is 4.79 Å². The van der Waals surface area contributed by atoms with E-state index in [0.29, 0.717) is 17.1 Å². The number of hydrogen-bond donors (Lipinski definition) is 1. The number of benzene rings is 1. The highest BCUT2D eigenvalue weighted by atomic mass is 16.5. The first-order valence-corrected chi connectivity index (χ1v) is 5.79. The second kappa shape index (κ2) is 5.29. The number of fused-ring (bicyclic) bond motifs is 1. The number of carbonyl (C=O) groups excluding carboxylic acids is 1. The largest absolute Gasteiger partial charge is 0.479 e. The number of likely N-dealkylation sites (N-methyl/N-ethyl adjacent to an activating group) is 1. The fourth-order valence-electron chi connectivity index (χ4n) is 1.78. The van der Waals surface area contributed by atoms with Gasteiger partial charge in [-0.15, -0.1) is 0 Å². The molecule has 0 spiro atoms. The molecule has 1 aliphatic rings. The summed E-state index contributed by atoms with van der Waals surface area (Å²) in [5.41, 5.74) is 3.46. The number of nitrogens with one attached hydrogen (secondary N) is 1. The summed E-state index contributed by atoms with van der Waals surface area (Å²) in [6.45, 7) is 1.68. The molecule has 1 aliphatic heterocycles. The monoisotopic (exact) mass is 269 g/mol. The Balaban J connectivity index is 2.29. The molecule has 0 fully saturated rings. The van der Waals surface area contributed by atoms with E-state index in [2.05, 4.69) is 10.5 Å². The van der Waals surface area contributed by atoms with E-state index in [9.17, 15) is 4.79 Å². The Kier molecular flexibility index (Phi) is 3.54. The molecule has 7 nitrogen and oxygen atoms in total. The summed E-state index contributed by atoms with van der Waals surface area (Å²) in [4.78, 5) is 13.3. The maximum atomic E-state index is 11.8. The van der Waals surface area contributed by atoms with Gasteiger partial charge >= 0.3 is 0 Å². The summed E-state index contributed by atoms with van der Waals surface area (Å²) in [5, 5.41) is 20.8. The van der Waals surface area contributed by atoms with E-state index < -0.39 is 6.10 Å². The van der Waals surface area contributed by atoms with Crippen molar-refractivity contribution < 1.29 is 9.53 Å². The van der Waals surface area contributed by atoms with Gasteiger partial charge in [0.2, 0.25) is 5.71 Å². The van der Waals surface area contributed by atoms with E-state index in [1.54, 1.807) is 44.3 Å². The minimum atomic E-state index is -0.520. The van der Waals surface area contributed by atoms with E-state index >= 15 is 0 Å². The van der Waals surface area contributed by atoms with Crippen molar-refractivity contribution in [2.75, 3.05) is 17.4 Å². The molecule has 0 aliphatic carbocycles. The van der Waals surface area contributed by atoms with Crippen molar-refractivity contribution in [1.82, 2.24) is 0 Å². The third-order valence-electron chi connectivity index (χ3n) is 2.81. The average Bonchev–Trinajstić information content (AvgIpc) is 2.46. The van der Waals surface area contributed by atoms with Crippen LogP contribution in [0, 0.1) is 22.7 Å². The number of hydrogen-bond acceptors (Lipinski definition) is 6. The van der Waals surface area contributed by atoms with E-state index in [-0.39, 0.29) is 11.6 Å². The highest BCUT2D eigenvalue weighted by Gasteiger charge is 2.28. The second-order valence-electron chi connectivity index (χ2n) is 4.14. The Morgan fingerprint density at radius 2 is 2.15 bits per heavy atom. The van der Waals surface area contributed by atoms with Crippen LogP contribution in [0.5, 0.6) is 5.75 Å². The first-order chi connectivity index (χ1) is 9.56. The molecular formula is C13H11N5O2. The number of ether oxygens (including phenoxy) is 1. The standard InChI is InChI=1S/C13H11N5O2/c1-8-13(19)18(2)11-5-9(3-4-12(11)20-8)16-17-10(6-14)7-15/h3-5,8,16H,1-2H3. The lowest BCUT2D eigenvalue weighted by Crippen LogP contribution is -2.41. The molecule has 0 saturated carbocycles. The predicted molar refractivity (Wildman–Crippen MR) is 72.2 cm³/mol. The second-order valence-corrected chi connectivity index (χ2v) is 4.14. The van der Waals surface area contributed by atoms with Crippen LogP contribution in [0.1, 0.15) is 6.92 Å². The van der Waals surface area contributed by atoms with Crippen LogP contribution in [0.4, 0.5) is 11.4 Å². The minimum absolute atomic E-state index is 0.145. The molecule has 1 heterocycles. The summed E-state index contributed by atoms with van der Waals surface area (Å²) >= 11 is 0. The number of carbonyl (C=O) groups is 1. The van der Waals surface area contributed by atoms with Gasteiger partial charge in [-0.3, -0.25) is 10.2 Å². The summed E-state index contributed by atoms with van der Waals surface area (Å²) < 4.78 is 5.48. The molecule has 7 heteroatoms. The van der Waals surface area contributed by atoms with Crippen molar-refractivity contribution >= 4 is 23.0 Å². The van der Waals surface area contributed by atoms with Gasteiger partial charge in [-0.2, -0.15) is 15.6 Å². The quantitative estimate of drug-likeness (QED) is 0.643. The van der Waals surface area contributed by atoms with Gasteiger partial charge in [-0.1, -0.05) is 0 Å². The normalized spacial score (nSPS) is 16.3. The maximum Gasteiger partial charge on any atom is 0.267 e. The third-order valence-corrected chi connectivity index (χ3v) is 2.81. The molecule has 2 rings (SSSR count). The average molecular weight is 269 g/mol. The van der Waals surface area contributed by atoms with Crippen LogP contribution in [0.25, 0.3) is 0 Å². The zero-order valence-corrected chi connectivity index (χ0v) is 10.9. The van der Waals surface area contributed by atoms with Crippen LogP contribution in [-0.4, -0.2) is 24.8 Å². The SMILES string of the molecule is CC1Oc2ccc(NN=C(C#N)C#N)cc2N(C)C1=O. The number of hydrazone groups is 1. The van der Waals surface area contributed by atoms with Crippen molar-refractivity contribution in [3.63, 3.8) is 0 Å². The molecule has 1 amide bonds. The number of rotatable bonds is 2. The van der Waals surface area contributed by atoms with Gasteiger partial charge in [-0.25, -0.2) is 0 Å². The van der Waals surface area contributed by atoms with Gasteiger partial charge in [0.05, 0.1) is 11.4 Å². The van der Waals surface area contributed by atoms with Crippen molar-refractivity contribution in [3.05, 3.63) is 18.2 Å². The van der Waals surface area contributed by atoms with Gasteiger partial charge in [0.15, 0.2) is 6.10 Å². The molecule has 0 bridgehead atoms. The molecule has 100 valence electrons. The van der Waals surface area contributed by atoms with Crippen molar-refractivity contribution in [2.24, 2.45) is 5.10 Å². The molecule has 0 aromatic heterocycles. The Bertz CT molecular complexity index is 652. The van der Waals surface area contributed by atoms with Crippen molar-refractivity contribution in [3.8, 4) is 17.9 Å². The Morgan fingerprint density at radius 1 is 1.45 bits per heavy atom. The lowest BCUT2D eigenvalue weighted by atomic mass is 10.2. The fourth-order valence-corrected chi connectivity index (χ4v) is 1.78. The zero-order valence-electron chi connectivity index (χ0n) is 10.9. The van der Waals surface area contributed by atoms with Crippen LogP contribution in [0.2, 0.25) is 0 Å². The summed E-state index contributed by atoms with van der Waals surface area (Å²) in [7, 11) is 1.66. The van der Waals surface area contributed by atoms with Crippen LogP contribution in [0.3, 0.4) is 0 Å². The van der Waals surface area contributed by atoms with Crippen LogP contribution >= 0.6 is 0 Å². The van der Waals surface area contributed by atoms with Gasteiger partial charge < -0.3 is 9.64 Å². The molecule has 1 aromatic carbocycles. The van der Waals surface area contributed by atoms with Gasteiger partial charge in [0, 0.05) is 7.05 Å². The summed E-state index contributed by atoms with van der Waals surface area (Å²) in [6.07, 6.45) is -0.520. The smallest absolute Gasteiger partial charge is 0.267 e. The van der Waals surface area contributed by atoms with E-state index in [1.807, 2.05) is 0 Å². The van der Waals surface area contributed by atoms with Gasteiger partial charge in [-0.05, 0) is 25.1 Å². The molecule has 1 atom stereocenters. The Morgan fingerprint density at radius 3 is 2.80 bits per heavy atom. The molecule has 1 aromatic rings. The highest BCUT2D eigenvalue weighted by Crippen LogP contribution is 2.35. The van der Waals surface area contributed by atoms with E-state index in [0.717, 1.165) is 0 Å². The summed E-state index contributed by atoms with van der Waals surface area (Å²) in [6, 6.07) is 8.33. The van der Waals surface area contributed by atoms with Gasteiger partial charge in [0.1, 0.15) is 17.9 Å². The van der Waals surface area contributed by atoms with Crippen LogP contribution < -0.4 is 15.1 Å². The number of nitrogens with zero attached hydrogens (tertiary/aromatic N) is 4. The molecule has 1 unspecified atom stereocenters. The first-order valence-electron chi connectivity index (χ1n) is 5.79. The lowest BCUT2D eigenvalue weighted by molar-refractivity contribution is -0.125. The maximum absolute atomic E-state index is 11.8. The topological polar surface area (TPSA) is 102 Å². The first kappa shape index (κ1) is 13.4. The van der Waals surface area contributed by atoms with Crippen molar-refractivity contribution in [1.29, 1.82) is 10.5 Å². The predicted octanol–water partition coefficient (Wildman–Crippen LogP) is 1.25. The third kappa shape index (κ3) is 2.38. The molecule has 0 radical (unpaired) electrons. The number of nitriles is 2. The molecule has 20 heavy (non-hydrogen) atoms. The summed E-state index contributed by atoms with van der Waals surface area (Å²) in [5.74, 6) is 0.447. The minimum Gasteiger partial charge on any atom is -0.479 e. The molecule has 1 N–H and O–H groups in total. The Labute approximate surface area is 115 Å². The lowest BCUT2D eigenvalue weighted by Gasteiger charge is -2.30. The van der Waals surface area contributed by atoms with E-state index in [1.165, 1.54) is 4.90 Å². The molecular weight excluding hydrogens is 258 g/mol. The number of anilines is 2.